The molecule has 0 spiro atoms. The highest BCUT2D eigenvalue weighted by Crippen LogP contribution is 2.22. The van der Waals surface area contributed by atoms with E-state index in [1.165, 1.54) is 18.2 Å². The lowest BCUT2D eigenvalue weighted by molar-refractivity contribution is 0.483. The van der Waals surface area contributed by atoms with E-state index in [1.807, 2.05) is 6.92 Å². The summed E-state index contributed by atoms with van der Waals surface area (Å²) >= 11 is 0. The summed E-state index contributed by atoms with van der Waals surface area (Å²) in [6.45, 7) is 1.88. The van der Waals surface area contributed by atoms with Crippen LogP contribution in [0.25, 0.3) is 0 Å². The molecule has 0 bridgehead atoms. The molecular weight excluding hydrogens is 172 g/mol. The summed E-state index contributed by atoms with van der Waals surface area (Å²) in [4.78, 5) is 0. The summed E-state index contributed by atoms with van der Waals surface area (Å²) in [6.07, 6.45) is 0.661. The third-order valence-electron chi connectivity index (χ3n) is 2.10. The number of hydrogen-bond acceptors (Lipinski definition) is 1. The second-order valence-corrected chi connectivity index (χ2v) is 2.88. The molecular formula is C10H13F2N. The van der Waals surface area contributed by atoms with Crippen molar-refractivity contribution in [1.29, 1.82) is 0 Å². The van der Waals surface area contributed by atoms with Crippen molar-refractivity contribution in [3.63, 3.8) is 0 Å². The van der Waals surface area contributed by atoms with Crippen LogP contribution in [0.4, 0.5) is 8.78 Å². The van der Waals surface area contributed by atoms with Crippen LogP contribution in [0, 0.1) is 11.6 Å². The Labute approximate surface area is 76.8 Å². The molecule has 1 atom stereocenters. The monoisotopic (exact) mass is 185 g/mol. The molecule has 3 heteroatoms. The van der Waals surface area contributed by atoms with E-state index < -0.39 is 11.6 Å². The van der Waals surface area contributed by atoms with Crippen molar-refractivity contribution in [3.05, 3.63) is 35.4 Å². The standard InChI is InChI=1S/C10H13F2N/c1-3-9(13-2)10-7(11)5-4-6-8(10)12/h4-6,9,13H,3H2,1-2H3/t9-/m1/s1. The summed E-state index contributed by atoms with van der Waals surface area (Å²) in [5.74, 6) is -0.970. The molecule has 1 aromatic carbocycles. The number of halogens is 2. The number of nitrogens with one attached hydrogen (secondary N) is 1. The lowest BCUT2D eigenvalue weighted by Gasteiger charge is -2.15. The smallest absolute Gasteiger partial charge is 0.130 e. The van der Waals surface area contributed by atoms with Crippen LogP contribution >= 0.6 is 0 Å². The summed E-state index contributed by atoms with van der Waals surface area (Å²) in [5, 5.41) is 2.87. The molecule has 1 aromatic rings. The maximum Gasteiger partial charge on any atom is 0.130 e. The Balaban J connectivity index is 3.10. The van der Waals surface area contributed by atoms with Gasteiger partial charge in [0.15, 0.2) is 0 Å². The van der Waals surface area contributed by atoms with Gasteiger partial charge in [-0.3, -0.25) is 0 Å². The molecule has 0 aromatic heterocycles. The predicted molar refractivity (Wildman–Crippen MR) is 48.4 cm³/mol. The normalized spacial score (nSPS) is 12.9. The van der Waals surface area contributed by atoms with Crippen LogP contribution in [0.2, 0.25) is 0 Å². The Morgan fingerprint density at radius 2 is 1.85 bits per heavy atom. The topological polar surface area (TPSA) is 12.0 Å². The zero-order valence-corrected chi connectivity index (χ0v) is 7.77. The van der Waals surface area contributed by atoms with Gasteiger partial charge in [0.25, 0.3) is 0 Å². The highest BCUT2D eigenvalue weighted by molar-refractivity contribution is 5.23. The average Bonchev–Trinajstić information content (AvgIpc) is 2.11. The van der Waals surface area contributed by atoms with Crippen molar-refractivity contribution < 1.29 is 8.78 Å². The van der Waals surface area contributed by atoms with Crippen LogP contribution in [0.15, 0.2) is 18.2 Å². The van der Waals surface area contributed by atoms with E-state index in [4.69, 9.17) is 0 Å². The van der Waals surface area contributed by atoms with Gasteiger partial charge in [-0.25, -0.2) is 8.78 Å². The number of hydrogen-bond donors (Lipinski definition) is 1. The van der Waals surface area contributed by atoms with Gasteiger partial charge in [-0.2, -0.15) is 0 Å². The van der Waals surface area contributed by atoms with Gasteiger partial charge in [-0.15, -0.1) is 0 Å². The van der Waals surface area contributed by atoms with Gasteiger partial charge in [-0.1, -0.05) is 13.0 Å². The molecule has 0 unspecified atom stereocenters. The van der Waals surface area contributed by atoms with Gasteiger partial charge in [-0.05, 0) is 25.6 Å². The third-order valence-corrected chi connectivity index (χ3v) is 2.10. The van der Waals surface area contributed by atoms with Crippen LogP contribution in [0.1, 0.15) is 24.9 Å². The first-order chi connectivity index (χ1) is 6.20. The van der Waals surface area contributed by atoms with Crippen molar-refractivity contribution in [1.82, 2.24) is 5.32 Å². The minimum absolute atomic E-state index is 0.132. The highest BCUT2D eigenvalue weighted by Gasteiger charge is 2.16. The fourth-order valence-corrected chi connectivity index (χ4v) is 1.40. The SMILES string of the molecule is CC[C@@H](NC)c1c(F)cccc1F. The zero-order chi connectivity index (χ0) is 9.84. The van der Waals surface area contributed by atoms with Crippen molar-refractivity contribution in [2.75, 3.05) is 7.05 Å². The average molecular weight is 185 g/mol. The van der Waals surface area contributed by atoms with Crippen LogP contribution in [-0.2, 0) is 0 Å². The Morgan fingerprint density at radius 3 is 2.23 bits per heavy atom. The number of benzene rings is 1. The summed E-state index contributed by atoms with van der Waals surface area (Å²) in [7, 11) is 1.69. The molecule has 72 valence electrons. The largest absolute Gasteiger partial charge is 0.313 e. The van der Waals surface area contributed by atoms with Crippen LogP contribution < -0.4 is 5.32 Å². The first kappa shape index (κ1) is 10.1. The minimum Gasteiger partial charge on any atom is -0.313 e. The second-order valence-electron chi connectivity index (χ2n) is 2.88. The Kier molecular flexibility index (Phi) is 3.37. The van der Waals surface area contributed by atoms with E-state index >= 15 is 0 Å². The van der Waals surface area contributed by atoms with Crippen molar-refractivity contribution >= 4 is 0 Å². The van der Waals surface area contributed by atoms with E-state index in [-0.39, 0.29) is 11.6 Å². The highest BCUT2D eigenvalue weighted by atomic mass is 19.1. The molecule has 0 radical (unpaired) electrons. The van der Waals surface area contributed by atoms with E-state index in [2.05, 4.69) is 5.32 Å². The minimum atomic E-state index is -0.485. The first-order valence-electron chi connectivity index (χ1n) is 4.31. The lowest BCUT2D eigenvalue weighted by atomic mass is 10.0. The summed E-state index contributed by atoms with van der Waals surface area (Å²) in [6, 6.07) is 3.68. The lowest BCUT2D eigenvalue weighted by Crippen LogP contribution is -2.18. The Morgan fingerprint density at radius 1 is 1.31 bits per heavy atom. The van der Waals surface area contributed by atoms with Crippen LogP contribution in [0.5, 0.6) is 0 Å². The van der Waals surface area contributed by atoms with Crippen molar-refractivity contribution in [2.24, 2.45) is 0 Å². The van der Waals surface area contributed by atoms with Gasteiger partial charge in [0.2, 0.25) is 0 Å². The molecule has 1 nitrogen and oxygen atoms in total. The Bertz CT molecular complexity index is 262. The molecule has 1 N–H and O–H groups in total. The molecule has 1 rings (SSSR count). The van der Waals surface area contributed by atoms with Gasteiger partial charge in [0.1, 0.15) is 11.6 Å². The fraction of sp³-hybridized carbons (Fsp3) is 0.400. The van der Waals surface area contributed by atoms with Gasteiger partial charge in [0, 0.05) is 11.6 Å². The molecule has 13 heavy (non-hydrogen) atoms. The molecule has 0 amide bonds. The maximum absolute atomic E-state index is 13.2. The van der Waals surface area contributed by atoms with Gasteiger partial charge >= 0.3 is 0 Å². The molecule has 0 aliphatic carbocycles. The zero-order valence-electron chi connectivity index (χ0n) is 7.77. The van der Waals surface area contributed by atoms with E-state index in [9.17, 15) is 8.78 Å². The van der Waals surface area contributed by atoms with E-state index in [0.29, 0.717) is 6.42 Å². The molecule has 0 aliphatic heterocycles. The molecule has 0 heterocycles. The van der Waals surface area contributed by atoms with Crippen molar-refractivity contribution in [3.8, 4) is 0 Å². The van der Waals surface area contributed by atoms with Crippen LogP contribution in [0.3, 0.4) is 0 Å². The molecule has 0 saturated carbocycles. The third kappa shape index (κ3) is 2.04. The Hall–Kier alpha value is -0.960. The maximum atomic E-state index is 13.2. The van der Waals surface area contributed by atoms with Gasteiger partial charge in [0.05, 0.1) is 0 Å². The second kappa shape index (κ2) is 4.33. The summed E-state index contributed by atoms with van der Waals surface area (Å²) < 4.78 is 26.4. The fourth-order valence-electron chi connectivity index (χ4n) is 1.40. The molecule has 0 saturated heterocycles. The van der Waals surface area contributed by atoms with E-state index in [0.717, 1.165) is 0 Å². The van der Waals surface area contributed by atoms with Gasteiger partial charge < -0.3 is 5.32 Å². The van der Waals surface area contributed by atoms with E-state index in [1.54, 1.807) is 7.05 Å². The van der Waals surface area contributed by atoms with Crippen molar-refractivity contribution in [2.45, 2.75) is 19.4 Å². The first-order valence-corrected chi connectivity index (χ1v) is 4.31. The summed E-state index contributed by atoms with van der Waals surface area (Å²) in [5.41, 5.74) is 0.132. The predicted octanol–water partition coefficient (Wildman–Crippen LogP) is 2.64. The van der Waals surface area contributed by atoms with Crippen LogP contribution in [-0.4, -0.2) is 7.05 Å². The number of rotatable bonds is 3. The molecule has 0 fully saturated rings. The quantitative estimate of drug-likeness (QED) is 0.763. The molecule has 0 aliphatic rings.